The van der Waals surface area contributed by atoms with Crippen molar-refractivity contribution in [1.29, 1.82) is 0 Å². The average Bonchev–Trinajstić information content (AvgIpc) is 2.90. The second-order valence-electron chi connectivity index (χ2n) is 4.50. The Kier molecular flexibility index (Phi) is 5.49. The molecule has 1 heterocycles. The Morgan fingerprint density at radius 1 is 1.41 bits per heavy atom. The molecule has 1 amide bonds. The number of anilines is 1. The van der Waals surface area contributed by atoms with Gasteiger partial charge in [-0.05, 0) is 24.6 Å². The number of halogens is 2. The van der Waals surface area contributed by atoms with E-state index in [-0.39, 0.29) is 10.9 Å². The molecule has 0 fully saturated rings. The predicted molar refractivity (Wildman–Crippen MR) is 85.3 cm³/mol. The van der Waals surface area contributed by atoms with E-state index in [0.29, 0.717) is 17.9 Å². The lowest BCUT2D eigenvalue weighted by molar-refractivity contribution is -0.111. The van der Waals surface area contributed by atoms with Crippen molar-refractivity contribution in [2.75, 3.05) is 5.32 Å². The second kappa shape index (κ2) is 7.56. The molecular weight excluding hydrogens is 305 g/mol. The predicted octanol–water partition coefficient (Wildman–Crippen LogP) is 3.79. The van der Waals surface area contributed by atoms with E-state index in [1.807, 2.05) is 13.0 Å². The molecule has 2 rings (SSSR count). The number of hydrogen-bond donors (Lipinski definition) is 1. The number of aromatic nitrogens is 2. The van der Waals surface area contributed by atoms with Crippen LogP contribution in [0.15, 0.2) is 54.8 Å². The van der Waals surface area contributed by atoms with E-state index in [9.17, 15) is 9.18 Å². The molecule has 0 atom stereocenters. The van der Waals surface area contributed by atoms with Crippen LogP contribution >= 0.6 is 11.6 Å². The third-order valence-corrected chi connectivity index (χ3v) is 3.14. The summed E-state index contributed by atoms with van der Waals surface area (Å²) in [7, 11) is 0. The van der Waals surface area contributed by atoms with Crippen LogP contribution in [0.25, 0.3) is 0 Å². The van der Waals surface area contributed by atoms with E-state index in [1.54, 1.807) is 35.2 Å². The van der Waals surface area contributed by atoms with E-state index in [0.717, 1.165) is 0 Å². The van der Waals surface area contributed by atoms with Gasteiger partial charge in [0, 0.05) is 12.1 Å². The standard InChI is InChI=1S/C16H15ClFN3O/c1-2-3-4-5-16(22)20-15-8-9-19-21(15)11-12-6-7-13(17)14(18)10-12/h2-10H,11H2,1H3,(H,20,22). The highest BCUT2D eigenvalue weighted by Gasteiger charge is 2.07. The maximum absolute atomic E-state index is 13.4. The van der Waals surface area contributed by atoms with Gasteiger partial charge in [-0.25, -0.2) is 9.07 Å². The van der Waals surface area contributed by atoms with Crippen LogP contribution in [0.2, 0.25) is 5.02 Å². The Morgan fingerprint density at radius 2 is 2.23 bits per heavy atom. The van der Waals surface area contributed by atoms with Gasteiger partial charge in [0.1, 0.15) is 11.6 Å². The molecule has 0 aliphatic heterocycles. The smallest absolute Gasteiger partial charge is 0.249 e. The van der Waals surface area contributed by atoms with Gasteiger partial charge in [0.05, 0.1) is 17.8 Å². The zero-order chi connectivity index (χ0) is 15.9. The largest absolute Gasteiger partial charge is 0.307 e. The molecule has 0 bridgehead atoms. The van der Waals surface area contributed by atoms with Gasteiger partial charge < -0.3 is 5.32 Å². The summed E-state index contributed by atoms with van der Waals surface area (Å²) in [6.07, 6.45) is 8.21. The summed E-state index contributed by atoms with van der Waals surface area (Å²) in [6.45, 7) is 2.19. The lowest BCUT2D eigenvalue weighted by Crippen LogP contribution is -2.13. The Labute approximate surface area is 132 Å². The van der Waals surface area contributed by atoms with Crippen molar-refractivity contribution >= 4 is 23.3 Å². The van der Waals surface area contributed by atoms with E-state index in [2.05, 4.69) is 10.4 Å². The van der Waals surface area contributed by atoms with Crippen LogP contribution < -0.4 is 5.32 Å². The van der Waals surface area contributed by atoms with E-state index >= 15 is 0 Å². The summed E-state index contributed by atoms with van der Waals surface area (Å²) < 4.78 is 15.0. The molecule has 22 heavy (non-hydrogen) atoms. The Balaban J connectivity index is 2.09. The monoisotopic (exact) mass is 319 g/mol. The Bertz CT molecular complexity index is 722. The molecule has 4 nitrogen and oxygen atoms in total. The number of rotatable bonds is 5. The van der Waals surface area contributed by atoms with Gasteiger partial charge in [-0.15, -0.1) is 0 Å². The number of amides is 1. The first kappa shape index (κ1) is 16.0. The zero-order valence-electron chi connectivity index (χ0n) is 12.0. The van der Waals surface area contributed by atoms with Gasteiger partial charge in [-0.3, -0.25) is 4.79 Å². The van der Waals surface area contributed by atoms with Crippen LogP contribution in [0.1, 0.15) is 12.5 Å². The molecule has 0 unspecified atom stereocenters. The molecule has 114 valence electrons. The summed E-state index contributed by atoms with van der Waals surface area (Å²) in [5, 5.41) is 6.91. The molecule has 2 aromatic rings. The maximum atomic E-state index is 13.4. The summed E-state index contributed by atoms with van der Waals surface area (Å²) in [5.41, 5.74) is 0.700. The number of hydrogen-bond acceptors (Lipinski definition) is 2. The van der Waals surface area contributed by atoms with Crippen molar-refractivity contribution in [3.8, 4) is 0 Å². The van der Waals surface area contributed by atoms with E-state index < -0.39 is 5.82 Å². The highest BCUT2D eigenvalue weighted by molar-refractivity contribution is 6.30. The summed E-state index contributed by atoms with van der Waals surface area (Å²) in [6, 6.07) is 6.23. The topological polar surface area (TPSA) is 46.9 Å². The van der Waals surface area contributed by atoms with Crippen LogP contribution in [-0.4, -0.2) is 15.7 Å². The minimum atomic E-state index is -0.480. The summed E-state index contributed by atoms with van der Waals surface area (Å²) in [5.74, 6) is -0.209. The van der Waals surface area contributed by atoms with Crippen LogP contribution in [0, 0.1) is 5.82 Å². The first-order valence-electron chi connectivity index (χ1n) is 6.66. The number of allylic oxidation sites excluding steroid dienone is 3. The van der Waals surface area contributed by atoms with Crippen molar-refractivity contribution < 1.29 is 9.18 Å². The lowest BCUT2D eigenvalue weighted by Gasteiger charge is -2.08. The first-order chi connectivity index (χ1) is 10.6. The molecule has 1 N–H and O–H groups in total. The van der Waals surface area contributed by atoms with E-state index in [1.165, 1.54) is 18.2 Å². The highest BCUT2D eigenvalue weighted by Crippen LogP contribution is 2.17. The van der Waals surface area contributed by atoms with Crippen molar-refractivity contribution in [3.05, 3.63) is 71.2 Å². The highest BCUT2D eigenvalue weighted by atomic mass is 35.5. The van der Waals surface area contributed by atoms with Gasteiger partial charge in [0.25, 0.3) is 0 Å². The van der Waals surface area contributed by atoms with Gasteiger partial charge >= 0.3 is 0 Å². The number of nitrogens with zero attached hydrogens (tertiary/aromatic N) is 2. The lowest BCUT2D eigenvalue weighted by atomic mass is 10.2. The van der Waals surface area contributed by atoms with Crippen LogP contribution in [0.3, 0.4) is 0 Å². The number of benzene rings is 1. The van der Waals surface area contributed by atoms with Crippen molar-refractivity contribution in [2.24, 2.45) is 0 Å². The van der Waals surface area contributed by atoms with E-state index in [4.69, 9.17) is 11.6 Å². The number of carbonyl (C=O) groups excluding carboxylic acids is 1. The fourth-order valence-electron chi connectivity index (χ4n) is 1.80. The van der Waals surface area contributed by atoms with Crippen molar-refractivity contribution in [3.63, 3.8) is 0 Å². The quantitative estimate of drug-likeness (QED) is 0.673. The second-order valence-corrected chi connectivity index (χ2v) is 4.90. The molecule has 1 aromatic heterocycles. The van der Waals surface area contributed by atoms with Gasteiger partial charge in [-0.1, -0.05) is 35.9 Å². The average molecular weight is 320 g/mol. The summed E-state index contributed by atoms with van der Waals surface area (Å²) in [4.78, 5) is 11.7. The summed E-state index contributed by atoms with van der Waals surface area (Å²) >= 11 is 5.66. The van der Waals surface area contributed by atoms with Crippen molar-refractivity contribution in [2.45, 2.75) is 13.5 Å². The fraction of sp³-hybridized carbons (Fsp3) is 0.125. The zero-order valence-corrected chi connectivity index (χ0v) is 12.7. The first-order valence-corrected chi connectivity index (χ1v) is 7.04. The third kappa shape index (κ3) is 4.30. The molecule has 0 aliphatic carbocycles. The fourth-order valence-corrected chi connectivity index (χ4v) is 1.92. The van der Waals surface area contributed by atoms with Crippen molar-refractivity contribution in [1.82, 2.24) is 9.78 Å². The Morgan fingerprint density at radius 3 is 2.95 bits per heavy atom. The van der Waals surface area contributed by atoms with Crippen LogP contribution in [-0.2, 0) is 11.3 Å². The molecule has 1 aromatic carbocycles. The SMILES string of the molecule is CC=CC=CC(=O)Nc1ccnn1Cc1ccc(Cl)c(F)c1. The van der Waals surface area contributed by atoms with Gasteiger partial charge in [0.15, 0.2) is 0 Å². The molecule has 0 saturated carbocycles. The minimum Gasteiger partial charge on any atom is -0.307 e. The molecule has 0 radical (unpaired) electrons. The number of carbonyl (C=O) groups is 1. The molecule has 0 aliphatic rings. The van der Waals surface area contributed by atoms with Gasteiger partial charge in [-0.2, -0.15) is 5.10 Å². The van der Waals surface area contributed by atoms with Crippen LogP contribution in [0.4, 0.5) is 10.2 Å². The normalized spacial score (nSPS) is 11.4. The molecular formula is C16H15ClFN3O. The third-order valence-electron chi connectivity index (χ3n) is 2.84. The maximum Gasteiger partial charge on any atom is 0.249 e. The molecule has 0 saturated heterocycles. The number of nitrogens with one attached hydrogen (secondary N) is 1. The minimum absolute atomic E-state index is 0.0758. The molecule has 6 heteroatoms. The van der Waals surface area contributed by atoms with Gasteiger partial charge in [0.2, 0.25) is 5.91 Å². The molecule has 0 spiro atoms. The van der Waals surface area contributed by atoms with Crippen LogP contribution in [0.5, 0.6) is 0 Å². The Hall–Kier alpha value is -2.40.